The molecule has 3 heterocycles. The second kappa shape index (κ2) is 8.98. The van der Waals surface area contributed by atoms with Crippen LogP contribution >= 0.6 is 0 Å². The highest BCUT2D eigenvalue weighted by atomic mass is 16.6. The summed E-state index contributed by atoms with van der Waals surface area (Å²) in [5.41, 5.74) is 3.26. The predicted molar refractivity (Wildman–Crippen MR) is 124 cm³/mol. The van der Waals surface area contributed by atoms with E-state index in [0.29, 0.717) is 13.0 Å². The number of carbonyl (C=O) groups is 2. The Morgan fingerprint density at radius 1 is 1.15 bits per heavy atom. The van der Waals surface area contributed by atoms with Gasteiger partial charge in [0.25, 0.3) is 0 Å². The fourth-order valence-electron chi connectivity index (χ4n) is 5.47. The van der Waals surface area contributed by atoms with E-state index in [9.17, 15) is 9.59 Å². The number of aryl methyl sites for hydroxylation is 1. The standard InChI is InChI=1S/C26H29N3O4/c1-17-21(13-18-9-10-20-15-27-28(22(20)14-18)11-6-12-32-2)25(30)29-23(16-33-26(29)31)24(17)19-7-4-3-5-8-19/h3-5,7-10,14-15,17,21,23-24H,6,11-13,16H2,1-2H3/t17?,21-,23+,24?/m1/s1. The zero-order valence-electron chi connectivity index (χ0n) is 19.0. The number of cyclic esters (lactones) is 1. The molecule has 2 unspecified atom stereocenters. The topological polar surface area (TPSA) is 73.7 Å². The van der Waals surface area contributed by atoms with Crippen molar-refractivity contribution in [2.24, 2.45) is 11.8 Å². The van der Waals surface area contributed by atoms with Gasteiger partial charge in [0.05, 0.1) is 17.8 Å². The number of imide groups is 1. The number of hydrogen-bond donors (Lipinski definition) is 0. The first kappa shape index (κ1) is 21.6. The summed E-state index contributed by atoms with van der Waals surface area (Å²) in [6.07, 6.45) is 2.80. The van der Waals surface area contributed by atoms with Gasteiger partial charge in [-0.3, -0.25) is 9.48 Å². The maximum Gasteiger partial charge on any atom is 0.417 e. The molecule has 2 aliphatic rings. The molecule has 4 atom stereocenters. The molecule has 0 spiro atoms. The molecule has 2 aliphatic heterocycles. The Balaban J connectivity index is 1.45. The van der Waals surface area contributed by atoms with Crippen molar-refractivity contribution < 1.29 is 19.1 Å². The van der Waals surface area contributed by atoms with Crippen LogP contribution in [0.1, 0.15) is 30.4 Å². The average molecular weight is 448 g/mol. The first-order valence-corrected chi connectivity index (χ1v) is 11.6. The molecule has 0 aliphatic carbocycles. The summed E-state index contributed by atoms with van der Waals surface area (Å²) in [6.45, 7) is 3.85. The molecule has 0 saturated carbocycles. The van der Waals surface area contributed by atoms with Crippen molar-refractivity contribution in [2.45, 2.75) is 38.3 Å². The molecular formula is C26H29N3O4. The van der Waals surface area contributed by atoms with Crippen molar-refractivity contribution in [3.63, 3.8) is 0 Å². The van der Waals surface area contributed by atoms with Crippen molar-refractivity contribution >= 4 is 22.9 Å². The molecule has 0 N–H and O–H groups in total. The largest absolute Gasteiger partial charge is 0.447 e. The molecule has 1 aromatic heterocycles. The lowest BCUT2D eigenvalue weighted by atomic mass is 9.69. The molecule has 3 aromatic rings. The third-order valence-corrected chi connectivity index (χ3v) is 7.14. The smallest absolute Gasteiger partial charge is 0.417 e. The Morgan fingerprint density at radius 3 is 2.76 bits per heavy atom. The number of carbonyl (C=O) groups excluding carboxylic acids is 2. The highest BCUT2D eigenvalue weighted by Crippen LogP contribution is 2.44. The van der Waals surface area contributed by atoms with Gasteiger partial charge in [0.1, 0.15) is 6.61 Å². The zero-order chi connectivity index (χ0) is 22.9. The number of ether oxygens (including phenoxy) is 2. The molecule has 172 valence electrons. The first-order chi connectivity index (χ1) is 16.1. The van der Waals surface area contributed by atoms with Crippen LogP contribution in [0.15, 0.2) is 54.7 Å². The Bertz CT molecular complexity index is 1160. The van der Waals surface area contributed by atoms with Crippen LogP contribution in [0.5, 0.6) is 0 Å². The second-order valence-corrected chi connectivity index (χ2v) is 9.07. The molecule has 2 saturated heterocycles. The molecule has 0 radical (unpaired) electrons. The van der Waals surface area contributed by atoms with Crippen molar-refractivity contribution in [1.82, 2.24) is 14.7 Å². The number of amides is 2. The Hall–Kier alpha value is -3.19. The lowest BCUT2D eigenvalue weighted by Crippen LogP contribution is -2.54. The normalized spacial score (nSPS) is 24.8. The monoisotopic (exact) mass is 447 g/mol. The van der Waals surface area contributed by atoms with Crippen molar-refractivity contribution in [1.29, 1.82) is 0 Å². The third-order valence-electron chi connectivity index (χ3n) is 7.14. The van der Waals surface area contributed by atoms with Gasteiger partial charge < -0.3 is 9.47 Å². The van der Waals surface area contributed by atoms with E-state index in [1.54, 1.807) is 7.11 Å². The lowest BCUT2D eigenvalue weighted by molar-refractivity contribution is -0.140. The minimum Gasteiger partial charge on any atom is -0.447 e. The third kappa shape index (κ3) is 3.91. The van der Waals surface area contributed by atoms with Crippen LogP contribution in [-0.4, -0.2) is 53.0 Å². The first-order valence-electron chi connectivity index (χ1n) is 11.6. The molecule has 2 fully saturated rings. The van der Waals surface area contributed by atoms with E-state index in [2.05, 4.69) is 42.4 Å². The number of nitrogens with zero attached hydrogens (tertiary/aromatic N) is 3. The van der Waals surface area contributed by atoms with Gasteiger partial charge in [-0.05, 0) is 36.0 Å². The van der Waals surface area contributed by atoms with Crippen molar-refractivity contribution in [2.75, 3.05) is 20.3 Å². The summed E-state index contributed by atoms with van der Waals surface area (Å²) >= 11 is 0. The molecule has 2 amide bonds. The van der Waals surface area contributed by atoms with Crippen LogP contribution in [0, 0.1) is 11.8 Å². The van der Waals surface area contributed by atoms with Gasteiger partial charge in [-0.25, -0.2) is 9.69 Å². The summed E-state index contributed by atoms with van der Waals surface area (Å²) in [5.74, 6) is -0.322. The Labute approximate surface area is 193 Å². The molecular weight excluding hydrogens is 418 g/mol. The van der Waals surface area contributed by atoms with E-state index in [0.717, 1.165) is 35.0 Å². The molecule has 33 heavy (non-hydrogen) atoms. The van der Waals surface area contributed by atoms with Gasteiger partial charge in [0, 0.05) is 37.5 Å². The molecule has 5 rings (SSSR count). The highest BCUT2D eigenvalue weighted by molar-refractivity contribution is 5.96. The fraction of sp³-hybridized carbons (Fsp3) is 0.423. The summed E-state index contributed by atoms with van der Waals surface area (Å²) < 4.78 is 12.5. The predicted octanol–water partition coefficient (Wildman–Crippen LogP) is 4.01. The number of methoxy groups -OCH3 is 1. The van der Waals surface area contributed by atoms with Crippen LogP contribution in [0.3, 0.4) is 0 Å². The summed E-state index contributed by atoms with van der Waals surface area (Å²) in [4.78, 5) is 27.3. The summed E-state index contributed by atoms with van der Waals surface area (Å²) in [6, 6.07) is 16.2. The Morgan fingerprint density at radius 2 is 1.97 bits per heavy atom. The van der Waals surface area contributed by atoms with Gasteiger partial charge in [-0.1, -0.05) is 49.4 Å². The number of fused-ring (bicyclic) bond motifs is 2. The highest BCUT2D eigenvalue weighted by Gasteiger charge is 2.53. The van der Waals surface area contributed by atoms with Crippen molar-refractivity contribution in [3.05, 3.63) is 65.9 Å². The number of piperidine rings is 1. The van der Waals surface area contributed by atoms with Gasteiger partial charge in [-0.15, -0.1) is 0 Å². The second-order valence-electron chi connectivity index (χ2n) is 9.07. The van der Waals surface area contributed by atoms with Gasteiger partial charge in [0.2, 0.25) is 5.91 Å². The molecule has 7 heteroatoms. The minimum atomic E-state index is -0.519. The van der Waals surface area contributed by atoms with Crippen LogP contribution in [0.4, 0.5) is 4.79 Å². The minimum absolute atomic E-state index is 0.0450. The van der Waals surface area contributed by atoms with E-state index in [4.69, 9.17) is 9.47 Å². The quantitative estimate of drug-likeness (QED) is 0.512. The van der Waals surface area contributed by atoms with Gasteiger partial charge in [0.15, 0.2) is 0 Å². The van der Waals surface area contributed by atoms with Crippen LogP contribution in [0.25, 0.3) is 10.9 Å². The maximum absolute atomic E-state index is 13.5. The van der Waals surface area contributed by atoms with Crippen LogP contribution in [0.2, 0.25) is 0 Å². The number of rotatable bonds is 7. The zero-order valence-corrected chi connectivity index (χ0v) is 19.0. The van der Waals surface area contributed by atoms with Crippen molar-refractivity contribution in [3.8, 4) is 0 Å². The van der Waals surface area contributed by atoms with E-state index in [1.165, 1.54) is 4.90 Å². The molecule has 0 bridgehead atoms. The van der Waals surface area contributed by atoms with E-state index < -0.39 is 6.09 Å². The summed E-state index contributed by atoms with van der Waals surface area (Å²) in [7, 11) is 1.70. The van der Waals surface area contributed by atoms with E-state index >= 15 is 0 Å². The maximum atomic E-state index is 13.5. The van der Waals surface area contributed by atoms with E-state index in [-0.39, 0.29) is 36.3 Å². The SMILES string of the molecule is COCCCn1ncc2ccc(C[C@H]3C(=O)N4C(=O)OC[C@H]4C(c4ccccc4)C3C)cc21. The van der Waals surface area contributed by atoms with E-state index in [1.807, 2.05) is 29.1 Å². The average Bonchev–Trinajstić information content (AvgIpc) is 3.41. The molecule has 7 nitrogen and oxygen atoms in total. The number of benzene rings is 2. The molecule has 2 aromatic carbocycles. The summed E-state index contributed by atoms with van der Waals surface area (Å²) in [5, 5.41) is 5.59. The van der Waals surface area contributed by atoms with Crippen LogP contribution in [-0.2, 0) is 27.2 Å². The number of aromatic nitrogens is 2. The Kier molecular flexibility index (Phi) is 5.89. The van der Waals surface area contributed by atoms with Gasteiger partial charge in [-0.2, -0.15) is 5.10 Å². The lowest BCUT2D eigenvalue weighted by Gasteiger charge is -2.42. The van der Waals surface area contributed by atoms with Crippen LogP contribution < -0.4 is 0 Å². The number of hydrogen-bond acceptors (Lipinski definition) is 5. The van der Waals surface area contributed by atoms with Gasteiger partial charge >= 0.3 is 6.09 Å². The fourth-order valence-corrected chi connectivity index (χ4v) is 5.47.